The number of likely N-dealkylation sites (tertiary alicyclic amines) is 1. The van der Waals surface area contributed by atoms with Crippen LogP contribution in [0.3, 0.4) is 0 Å². The van der Waals surface area contributed by atoms with E-state index in [4.69, 9.17) is 5.73 Å². The first kappa shape index (κ1) is 14.1. The number of carbonyl (C=O) groups is 1. The van der Waals surface area contributed by atoms with Gasteiger partial charge in [0.15, 0.2) is 0 Å². The summed E-state index contributed by atoms with van der Waals surface area (Å²) in [6.45, 7) is 6.64. The van der Waals surface area contributed by atoms with Gasteiger partial charge in [-0.25, -0.2) is 0 Å². The van der Waals surface area contributed by atoms with Gasteiger partial charge in [0.2, 0.25) is 5.91 Å². The van der Waals surface area contributed by atoms with Crippen molar-refractivity contribution in [3.63, 3.8) is 0 Å². The average molecular weight is 260 g/mol. The lowest BCUT2D eigenvalue weighted by molar-refractivity contribution is -0.130. The number of hydrogen-bond donors (Lipinski definition) is 1. The smallest absolute Gasteiger partial charge is 0.222 e. The summed E-state index contributed by atoms with van der Waals surface area (Å²) in [6, 6.07) is 6.44. The van der Waals surface area contributed by atoms with Crippen molar-refractivity contribution in [2.45, 2.75) is 33.1 Å². The lowest BCUT2D eigenvalue weighted by atomic mass is 10.0. The molecule has 3 nitrogen and oxygen atoms in total. The van der Waals surface area contributed by atoms with Crippen LogP contribution in [0.25, 0.3) is 0 Å². The third-order valence-electron chi connectivity index (χ3n) is 4.08. The largest absolute Gasteiger partial charge is 0.342 e. The Kier molecular flexibility index (Phi) is 4.59. The van der Waals surface area contributed by atoms with Crippen LogP contribution in [0.15, 0.2) is 18.2 Å². The number of nitrogens with two attached hydrogens (primary N) is 1. The molecular weight excluding hydrogens is 236 g/mol. The van der Waals surface area contributed by atoms with E-state index in [1.807, 2.05) is 4.90 Å². The van der Waals surface area contributed by atoms with Crippen molar-refractivity contribution in [1.29, 1.82) is 0 Å². The van der Waals surface area contributed by atoms with Crippen LogP contribution >= 0.6 is 0 Å². The van der Waals surface area contributed by atoms with Gasteiger partial charge in [0, 0.05) is 19.5 Å². The molecule has 19 heavy (non-hydrogen) atoms. The normalized spacial score (nSPS) is 18.9. The molecule has 1 amide bonds. The Morgan fingerprint density at radius 1 is 1.42 bits per heavy atom. The zero-order valence-corrected chi connectivity index (χ0v) is 12.0. The van der Waals surface area contributed by atoms with Crippen LogP contribution in [0.1, 0.15) is 29.5 Å². The van der Waals surface area contributed by atoms with Crippen molar-refractivity contribution in [1.82, 2.24) is 4.90 Å². The first-order valence-electron chi connectivity index (χ1n) is 7.14. The summed E-state index contributed by atoms with van der Waals surface area (Å²) >= 11 is 0. The predicted octanol–water partition coefficient (Wildman–Crippen LogP) is 2.04. The van der Waals surface area contributed by atoms with Crippen LogP contribution in [0, 0.1) is 19.8 Å². The van der Waals surface area contributed by atoms with Gasteiger partial charge in [-0.3, -0.25) is 4.79 Å². The molecule has 0 spiro atoms. The fourth-order valence-electron chi connectivity index (χ4n) is 2.78. The molecule has 1 heterocycles. The van der Waals surface area contributed by atoms with Crippen LogP contribution in [0.2, 0.25) is 0 Å². The Hall–Kier alpha value is -1.35. The third kappa shape index (κ3) is 3.57. The highest BCUT2D eigenvalue weighted by molar-refractivity contribution is 5.76. The minimum absolute atomic E-state index is 0.274. The van der Waals surface area contributed by atoms with Crippen molar-refractivity contribution >= 4 is 5.91 Å². The Labute approximate surface area is 115 Å². The quantitative estimate of drug-likeness (QED) is 0.900. The zero-order valence-electron chi connectivity index (χ0n) is 12.0. The van der Waals surface area contributed by atoms with Crippen molar-refractivity contribution in [3.8, 4) is 0 Å². The van der Waals surface area contributed by atoms with Crippen molar-refractivity contribution < 1.29 is 4.79 Å². The Balaban J connectivity index is 1.87. The Bertz CT molecular complexity index is 456. The summed E-state index contributed by atoms with van der Waals surface area (Å²) in [4.78, 5) is 14.1. The van der Waals surface area contributed by atoms with Gasteiger partial charge in [0.1, 0.15) is 0 Å². The molecule has 104 valence electrons. The van der Waals surface area contributed by atoms with Gasteiger partial charge in [-0.2, -0.15) is 0 Å². The van der Waals surface area contributed by atoms with Crippen molar-refractivity contribution in [2.24, 2.45) is 11.7 Å². The van der Waals surface area contributed by atoms with Gasteiger partial charge in [-0.05, 0) is 50.3 Å². The maximum Gasteiger partial charge on any atom is 0.222 e. The van der Waals surface area contributed by atoms with Gasteiger partial charge in [-0.1, -0.05) is 23.8 Å². The number of benzene rings is 1. The van der Waals surface area contributed by atoms with Gasteiger partial charge in [0.25, 0.3) is 0 Å². The van der Waals surface area contributed by atoms with Crippen LogP contribution in [0.4, 0.5) is 0 Å². The van der Waals surface area contributed by atoms with E-state index < -0.39 is 0 Å². The summed E-state index contributed by atoms with van der Waals surface area (Å²) in [5.74, 6) is 0.779. The second-order valence-electron chi connectivity index (χ2n) is 5.66. The average Bonchev–Trinajstić information content (AvgIpc) is 2.86. The summed E-state index contributed by atoms with van der Waals surface area (Å²) in [5.41, 5.74) is 9.50. The molecular formula is C16H24N2O. The van der Waals surface area contributed by atoms with Crippen LogP contribution in [-0.2, 0) is 11.2 Å². The standard InChI is InChI=1S/C16H24N2O/c1-12-3-4-15(13(2)9-12)5-6-16(19)18-8-7-14(10-17)11-18/h3-4,9,14H,5-8,10-11,17H2,1-2H3/t14-/m0/s1. The van der Waals surface area contributed by atoms with Crippen LogP contribution < -0.4 is 5.73 Å². The molecule has 0 bridgehead atoms. The van der Waals surface area contributed by atoms with Gasteiger partial charge in [0.05, 0.1) is 0 Å². The molecule has 0 aliphatic carbocycles. The number of rotatable bonds is 4. The highest BCUT2D eigenvalue weighted by Crippen LogP contribution is 2.18. The van der Waals surface area contributed by atoms with Gasteiger partial charge >= 0.3 is 0 Å². The molecule has 1 aromatic rings. The molecule has 0 unspecified atom stereocenters. The molecule has 3 heteroatoms. The van der Waals surface area contributed by atoms with E-state index in [9.17, 15) is 4.79 Å². The van der Waals surface area contributed by atoms with E-state index in [2.05, 4.69) is 32.0 Å². The summed E-state index contributed by atoms with van der Waals surface area (Å²) in [7, 11) is 0. The highest BCUT2D eigenvalue weighted by Gasteiger charge is 2.24. The van der Waals surface area contributed by atoms with Crippen molar-refractivity contribution in [2.75, 3.05) is 19.6 Å². The zero-order chi connectivity index (χ0) is 13.8. The molecule has 1 fully saturated rings. The number of amides is 1. The fourth-order valence-corrected chi connectivity index (χ4v) is 2.78. The van der Waals surface area contributed by atoms with E-state index in [1.54, 1.807) is 0 Å². The molecule has 2 N–H and O–H groups in total. The Morgan fingerprint density at radius 2 is 2.21 bits per heavy atom. The third-order valence-corrected chi connectivity index (χ3v) is 4.08. The Morgan fingerprint density at radius 3 is 2.84 bits per heavy atom. The molecule has 0 radical (unpaired) electrons. The second kappa shape index (κ2) is 6.20. The maximum absolute atomic E-state index is 12.1. The molecule has 2 rings (SSSR count). The van der Waals surface area contributed by atoms with E-state index in [1.165, 1.54) is 16.7 Å². The monoisotopic (exact) mass is 260 g/mol. The number of nitrogens with zero attached hydrogens (tertiary/aromatic N) is 1. The molecule has 1 aliphatic heterocycles. The van der Waals surface area contributed by atoms with E-state index in [0.29, 0.717) is 18.9 Å². The minimum Gasteiger partial charge on any atom is -0.342 e. The van der Waals surface area contributed by atoms with Gasteiger partial charge in [-0.15, -0.1) is 0 Å². The molecule has 1 aromatic carbocycles. The van der Waals surface area contributed by atoms with E-state index >= 15 is 0 Å². The van der Waals surface area contributed by atoms with Crippen LogP contribution in [0.5, 0.6) is 0 Å². The second-order valence-corrected chi connectivity index (χ2v) is 5.66. The summed E-state index contributed by atoms with van der Waals surface area (Å²) in [6.07, 6.45) is 2.52. The first-order valence-corrected chi connectivity index (χ1v) is 7.14. The fraction of sp³-hybridized carbons (Fsp3) is 0.562. The number of carbonyl (C=O) groups excluding carboxylic acids is 1. The van der Waals surface area contributed by atoms with Crippen molar-refractivity contribution in [3.05, 3.63) is 34.9 Å². The topological polar surface area (TPSA) is 46.3 Å². The predicted molar refractivity (Wildman–Crippen MR) is 78.0 cm³/mol. The number of hydrogen-bond acceptors (Lipinski definition) is 2. The summed E-state index contributed by atoms with van der Waals surface area (Å²) < 4.78 is 0. The molecule has 1 aliphatic rings. The van der Waals surface area contributed by atoms with E-state index in [0.717, 1.165) is 25.9 Å². The van der Waals surface area contributed by atoms with Gasteiger partial charge < -0.3 is 10.6 Å². The number of aryl methyl sites for hydroxylation is 3. The lowest BCUT2D eigenvalue weighted by Gasteiger charge is -2.16. The highest BCUT2D eigenvalue weighted by atomic mass is 16.2. The molecule has 1 saturated heterocycles. The lowest BCUT2D eigenvalue weighted by Crippen LogP contribution is -2.30. The first-order chi connectivity index (χ1) is 9.10. The molecule has 0 saturated carbocycles. The molecule has 1 atom stereocenters. The minimum atomic E-state index is 0.274. The van der Waals surface area contributed by atoms with E-state index in [-0.39, 0.29) is 5.91 Å². The SMILES string of the molecule is Cc1ccc(CCC(=O)N2CC[C@@H](CN)C2)c(C)c1. The molecule has 0 aromatic heterocycles. The van der Waals surface area contributed by atoms with Crippen LogP contribution in [-0.4, -0.2) is 30.4 Å². The summed E-state index contributed by atoms with van der Waals surface area (Å²) in [5, 5.41) is 0. The maximum atomic E-state index is 12.1.